The van der Waals surface area contributed by atoms with E-state index >= 15 is 0 Å². The van der Waals surface area contributed by atoms with Crippen LogP contribution in [0.15, 0.2) is 34.9 Å². The summed E-state index contributed by atoms with van der Waals surface area (Å²) in [7, 11) is 1.64. The summed E-state index contributed by atoms with van der Waals surface area (Å²) in [6, 6.07) is 7.64. The van der Waals surface area contributed by atoms with Gasteiger partial charge in [-0.15, -0.1) is 0 Å². The number of hydrogen-bond acceptors (Lipinski definition) is 4. The van der Waals surface area contributed by atoms with E-state index in [1.807, 2.05) is 31.2 Å². The topological polar surface area (TPSA) is 60.2 Å². The van der Waals surface area contributed by atoms with Crippen LogP contribution in [0.25, 0.3) is 0 Å². The maximum absolute atomic E-state index is 5.67. The molecule has 0 aliphatic heterocycles. The van der Waals surface area contributed by atoms with E-state index in [4.69, 9.17) is 10.5 Å². The number of aromatic nitrogens is 1. The highest BCUT2D eigenvalue weighted by molar-refractivity contribution is 9.10. The van der Waals surface area contributed by atoms with Crippen molar-refractivity contribution >= 4 is 33.1 Å². The molecule has 2 aromatic rings. The highest BCUT2D eigenvalue weighted by Gasteiger charge is 2.04. The lowest BCUT2D eigenvalue weighted by Gasteiger charge is -2.10. The molecule has 94 valence electrons. The van der Waals surface area contributed by atoms with E-state index < -0.39 is 0 Å². The fraction of sp³-hybridized carbons (Fsp3) is 0.154. The summed E-state index contributed by atoms with van der Waals surface area (Å²) in [5, 5.41) is 3.24. The summed E-state index contributed by atoms with van der Waals surface area (Å²) in [5.74, 6) is 1.59. The van der Waals surface area contributed by atoms with Gasteiger partial charge in [0.25, 0.3) is 0 Å². The second-order valence-electron chi connectivity index (χ2n) is 3.91. The van der Waals surface area contributed by atoms with Gasteiger partial charge in [-0.1, -0.05) is 0 Å². The number of anilines is 3. The molecule has 1 aromatic heterocycles. The average Bonchev–Trinajstić information content (AvgIpc) is 2.33. The first kappa shape index (κ1) is 12.7. The summed E-state index contributed by atoms with van der Waals surface area (Å²) >= 11 is 3.45. The first-order valence-corrected chi connectivity index (χ1v) is 6.22. The zero-order valence-electron chi connectivity index (χ0n) is 10.2. The number of ether oxygens (including phenoxy) is 1. The predicted octanol–water partition coefficient (Wildman–Crippen LogP) is 3.49. The fourth-order valence-corrected chi connectivity index (χ4v) is 2.15. The normalized spacial score (nSPS) is 10.2. The fourth-order valence-electron chi connectivity index (χ4n) is 1.61. The van der Waals surface area contributed by atoms with Gasteiger partial charge in [0.1, 0.15) is 11.6 Å². The number of nitrogens with two attached hydrogens (primary N) is 1. The van der Waals surface area contributed by atoms with Gasteiger partial charge in [-0.3, -0.25) is 0 Å². The van der Waals surface area contributed by atoms with Gasteiger partial charge in [0.05, 0.1) is 23.5 Å². The minimum Gasteiger partial charge on any atom is -0.496 e. The van der Waals surface area contributed by atoms with Crippen LogP contribution in [0.2, 0.25) is 0 Å². The van der Waals surface area contributed by atoms with Gasteiger partial charge in [-0.25, -0.2) is 4.98 Å². The van der Waals surface area contributed by atoms with E-state index in [1.54, 1.807) is 13.3 Å². The van der Waals surface area contributed by atoms with Crippen LogP contribution in [0, 0.1) is 6.92 Å². The number of halogens is 1. The number of benzene rings is 1. The number of pyridine rings is 1. The van der Waals surface area contributed by atoms with Crippen molar-refractivity contribution < 1.29 is 4.74 Å². The standard InChI is InChI=1S/C13H14BrN3O/c1-8-5-9(15)7-16-13(8)17-10-3-4-12(18-2)11(14)6-10/h3-7H,15H2,1-2H3,(H,16,17). The minimum absolute atomic E-state index is 0.661. The minimum atomic E-state index is 0.661. The molecule has 0 fully saturated rings. The Kier molecular flexibility index (Phi) is 3.72. The molecule has 0 spiro atoms. The molecule has 0 aliphatic carbocycles. The van der Waals surface area contributed by atoms with E-state index in [2.05, 4.69) is 26.2 Å². The van der Waals surface area contributed by atoms with Crippen LogP contribution in [0.4, 0.5) is 17.2 Å². The van der Waals surface area contributed by atoms with Crippen LogP contribution in [-0.4, -0.2) is 12.1 Å². The van der Waals surface area contributed by atoms with Gasteiger partial charge in [-0.2, -0.15) is 0 Å². The average molecular weight is 308 g/mol. The zero-order valence-corrected chi connectivity index (χ0v) is 11.8. The van der Waals surface area contributed by atoms with E-state index in [1.165, 1.54) is 0 Å². The van der Waals surface area contributed by atoms with Crippen molar-refractivity contribution in [1.29, 1.82) is 0 Å². The number of nitrogens with zero attached hydrogens (tertiary/aromatic N) is 1. The number of nitrogens with one attached hydrogen (secondary N) is 1. The number of hydrogen-bond donors (Lipinski definition) is 2. The zero-order chi connectivity index (χ0) is 13.1. The molecule has 1 heterocycles. The van der Waals surface area contributed by atoms with Crippen LogP contribution >= 0.6 is 15.9 Å². The van der Waals surface area contributed by atoms with Gasteiger partial charge in [-0.05, 0) is 52.7 Å². The Bertz CT molecular complexity index is 572. The number of aryl methyl sites for hydroxylation is 1. The molecule has 0 aliphatic rings. The number of nitrogen functional groups attached to an aromatic ring is 1. The van der Waals surface area contributed by atoms with Crippen molar-refractivity contribution in [2.45, 2.75) is 6.92 Å². The van der Waals surface area contributed by atoms with Crippen LogP contribution in [0.3, 0.4) is 0 Å². The van der Waals surface area contributed by atoms with Crippen molar-refractivity contribution in [2.24, 2.45) is 0 Å². The van der Waals surface area contributed by atoms with Crippen LogP contribution in [-0.2, 0) is 0 Å². The Morgan fingerprint density at radius 3 is 2.72 bits per heavy atom. The molecule has 0 unspecified atom stereocenters. The molecule has 4 nitrogen and oxygen atoms in total. The van der Waals surface area contributed by atoms with E-state index in [9.17, 15) is 0 Å². The molecule has 0 saturated carbocycles. The molecule has 2 rings (SSSR count). The molecule has 18 heavy (non-hydrogen) atoms. The second kappa shape index (κ2) is 5.27. The summed E-state index contributed by atoms with van der Waals surface area (Å²) < 4.78 is 6.07. The van der Waals surface area contributed by atoms with Gasteiger partial charge in [0, 0.05) is 5.69 Å². The lowest BCUT2D eigenvalue weighted by Crippen LogP contribution is -1.98. The van der Waals surface area contributed by atoms with Crippen molar-refractivity contribution in [3.63, 3.8) is 0 Å². The summed E-state index contributed by atoms with van der Waals surface area (Å²) in [6.45, 7) is 1.96. The molecular weight excluding hydrogens is 294 g/mol. The van der Waals surface area contributed by atoms with Gasteiger partial charge in [0.15, 0.2) is 0 Å². The highest BCUT2D eigenvalue weighted by atomic mass is 79.9. The molecule has 0 radical (unpaired) electrons. The third-order valence-electron chi connectivity index (χ3n) is 2.51. The summed E-state index contributed by atoms with van der Waals surface area (Å²) in [5.41, 5.74) is 8.26. The first-order chi connectivity index (χ1) is 8.60. The molecular formula is C13H14BrN3O. The van der Waals surface area contributed by atoms with Crippen LogP contribution in [0.1, 0.15) is 5.56 Å². The monoisotopic (exact) mass is 307 g/mol. The largest absolute Gasteiger partial charge is 0.496 e. The van der Waals surface area contributed by atoms with E-state index in [-0.39, 0.29) is 0 Å². The Balaban J connectivity index is 2.26. The molecule has 0 bridgehead atoms. The first-order valence-electron chi connectivity index (χ1n) is 5.43. The smallest absolute Gasteiger partial charge is 0.133 e. The Labute approximate surface area is 114 Å². The second-order valence-corrected chi connectivity index (χ2v) is 4.76. The molecule has 3 N–H and O–H groups in total. The Hall–Kier alpha value is -1.75. The third-order valence-corrected chi connectivity index (χ3v) is 3.13. The maximum Gasteiger partial charge on any atom is 0.133 e. The quantitative estimate of drug-likeness (QED) is 0.911. The lowest BCUT2D eigenvalue weighted by atomic mass is 10.2. The van der Waals surface area contributed by atoms with E-state index in [0.717, 1.165) is 27.3 Å². The maximum atomic E-state index is 5.67. The van der Waals surface area contributed by atoms with Crippen molar-refractivity contribution in [2.75, 3.05) is 18.2 Å². The Morgan fingerprint density at radius 1 is 1.33 bits per heavy atom. The number of rotatable bonds is 3. The molecule has 0 saturated heterocycles. The van der Waals surface area contributed by atoms with Crippen LogP contribution < -0.4 is 15.8 Å². The summed E-state index contributed by atoms with van der Waals surface area (Å²) in [6.07, 6.45) is 1.63. The van der Waals surface area contributed by atoms with Crippen molar-refractivity contribution in [1.82, 2.24) is 4.98 Å². The lowest BCUT2D eigenvalue weighted by molar-refractivity contribution is 0.412. The van der Waals surface area contributed by atoms with Crippen molar-refractivity contribution in [3.8, 4) is 5.75 Å². The van der Waals surface area contributed by atoms with Gasteiger partial charge in [0.2, 0.25) is 0 Å². The molecule has 1 aromatic carbocycles. The molecule has 0 amide bonds. The van der Waals surface area contributed by atoms with Gasteiger partial charge < -0.3 is 15.8 Å². The predicted molar refractivity (Wildman–Crippen MR) is 77.4 cm³/mol. The number of methoxy groups -OCH3 is 1. The molecule has 5 heteroatoms. The third kappa shape index (κ3) is 2.73. The van der Waals surface area contributed by atoms with E-state index in [0.29, 0.717) is 5.69 Å². The van der Waals surface area contributed by atoms with Gasteiger partial charge >= 0.3 is 0 Å². The summed E-state index contributed by atoms with van der Waals surface area (Å²) in [4.78, 5) is 4.26. The SMILES string of the molecule is COc1ccc(Nc2ncc(N)cc2C)cc1Br. The van der Waals surface area contributed by atoms with Crippen molar-refractivity contribution in [3.05, 3.63) is 40.5 Å². The molecule has 0 atom stereocenters. The highest BCUT2D eigenvalue weighted by Crippen LogP contribution is 2.29. The Morgan fingerprint density at radius 2 is 2.11 bits per heavy atom. The van der Waals surface area contributed by atoms with Crippen LogP contribution in [0.5, 0.6) is 5.75 Å².